The molecule has 0 radical (unpaired) electrons. The number of hydrogen-bond acceptors (Lipinski definition) is 4. The van der Waals surface area contributed by atoms with Crippen LogP contribution in [0.25, 0.3) is 5.65 Å². The standard InChI is InChI=1S/C12H17N3O2/c13-5-4-10-9-15-6-1-3-11(12(15)14-10)17-8-2-7-16/h1,3,6,9,16H,2,4-5,7-8,13H2. The lowest BCUT2D eigenvalue weighted by molar-refractivity contribution is 0.234. The SMILES string of the molecule is NCCc1cn2cccc(OCCCO)c2n1. The van der Waals surface area contributed by atoms with Crippen molar-refractivity contribution in [3.05, 3.63) is 30.2 Å². The van der Waals surface area contributed by atoms with Crippen molar-refractivity contribution in [2.45, 2.75) is 12.8 Å². The molecule has 2 aromatic heterocycles. The van der Waals surface area contributed by atoms with Gasteiger partial charge in [-0.25, -0.2) is 4.98 Å². The molecule has 2 heterocycles. The molecule has 17 heavy (non-hydrogen) atoms. The average Bonchev–Trinajstić information content (AvgIpc) is 2.73. The molecule has 0 unspecified atom stereocenters. The highest BCUT2D eigenvalue weighted by molar-refractivity contribution is 5.54. The molecule has 0 spiro atoms. The van der Waals surface area contributed by atoms with E-state index in [9.17, 15) is 0 Å². The number of aromatic nitrogens is 2. The third-order valence-corrected chi connectivity index (χ3v) is 2.46. The highest BCUT2D eigenvalue weighted by Gasteiger charge is 2.06. The van der Waals surface area contributed by atoms with Crippen LogP contribution in [0, 0.1) is 0 Å². The Morgan fingerprint density at radius 1 is 1.47 bits per heavy atom. The van der Waals surface area contributed by atoms with Crippen molar-refractivity contribution in [3.63, 3.8) is 0 Å². The molecule has 2 aromatic rings. The van der Waals surface area contributed by atoms with Crippen LogP contribution in [0.5, 0.6) is 5.75 Å². The quantitative estimate of drug-likeness (QED) is 0.719. The van der Waals surface area contributed by atoms with Crippen LogP contribution in [0.2, 0.25) is 0 Å². The second-order valence-electron chi connectivity index (χ2n) is 3.80. The van der Waals surface area contributed by atoms with E-state index in [1.54, 1.807) is 0 Å². The summed E-state index contributed by atoms with van der Waals surface area (Å²) in [4.78, 5) is 4.48. The topological polar surface area (TPSA) is 72.8 Å². The maximum Gasteiger partial charge on any atom is 0.179 e. The number of fused-ring (bicyclic) bond motifs is 1. The van der Waals surface area contributed by atoms with E-state index in [1.165, 1.54) is 0 Å². The van der Waals surface area contributed by atoms with Crippen molar-refractivity contribution in [1.82, 2.24) is 9.38 Å². The first-order valence-electron chi connectivity index (χ1n) is 5.75. The first kappa shape index (κ1) is 11.9. The number of hydrogen-bond donors (Lipinski definition) is 2. The maximum atomic E-state index is 8.72. The van der Waals surface area contributed by atoms with E-state index in [4.69, 9.17) is 15.6 Å². The molecule has 0 aliphatic rings. The molecule has 0 saturated carbocycles. The predicted octanol–water partition coefficient (Wildman–Crippen LogP) is 0.597. The van der Waals surface area contributed by atoms with E-state index < -0.39 is 0 Å². The van der Waals surface area contributed by atoms with E-state index in [1.807, 2.05) is 28.9 Å². The third kappa shape index (κ3) is 2.75. The Balaban J connectivity index is 2.22. The van der Waals surface area contributed by atoms with Crippen molar-refractivity contribution < 1.29 is 9.84 Å². The molecule has 5 heteroatoms. The molecule has 0 bridgehead atoms. The zero-order valence-corrected chi connectivity index (χ0v) is 9.67. The summed E-state index contributed by atoms with van der Waals surface area (Å²) < 4.78 is 7.51. The maximum absolute atomic E-state index is 8.72. The molecule has 0 saturated heterocycles. The average molecular weight is 235 g/mol. The monoisotopic (exact) mass is 235 g/mol. The van der Waals surface area contributed by atoms with Crippen LogP contribution in [0.4, 0.5) is 0 Å². The molecule has 0 aliphatic carbocycles. The summed E-state index contributed by atoms with van der Waals surface area (Å²) in [6, 6.07) is 3.79. The van der Waals surface area contributed by atoms with Gasteiger partial charge < -0.3 is 20.0 Å². The minimum Gasteiger partial charge on any atom is -0.490 e. The third-order valence-electron chi connectivity index (χ3n) is 2.46. The number of nitrogens with two attached hydrogens (primary N) is 1. The fourth-order valence-corrected chi connectivity index (χ4v) is 1.67. The first-order valence-corrected chi connectivity index (χ1v) is 5.75. The number of aliphatic hydroxyl groups is 1. The summed E-state index contributed by atoms with van der Waals surface area (Å²) in [6.45, 7) is 1.22. The van der Waals surface area contributed by atoms with Gasteiger partial charge in [0.2, 0.25) is 0 Å². The van der Waals surface area contributed by atoms with Crippen molar-refractivity contribution in [2.75, 3.05) is 19.8 Å². The fourth-order valence-electron chi connectivity index (χ4n) is 1.67. The Bertz CT molecular complexity index is 482. The van der Waals surface area contributed by atoms with Crippen LogP contribution < -0.4 is 10.5 Å². The number of imidazole rings is 1. The normalized spacial score (nSPS) is 10.9. The number of ether oxygens (including phenoxy) is 1. The zero-order valence-electron chi connectivity index (χ0n) is 9.67. The van der Waals surface area contributed by atoms with E-state index >= 15 is 0 Å². The molecule has 5 nitrogen and oxygen atoms in total. The molecular weight excluding hydrogens is 218 g/mol. The second-order valence-corrected chi connectivity index (χ2v) is 3.80. The molecule has 2 rings (SSSR count). The molecule has 0 amide bonds. The van der Waals surface area contributed by atoms with E-state index in [0.29, 0.717) is 19.6 Å². The summed E-state index contributed by atoms with van der Waals surface area (Å²) >= 11 is 0. The highest BCUT2D eigenvalue weighted by Crippen LogP contribution is 2.19. The largest absolute Gasteiger partial charge is 0.490 e. The minimum atomic E-state index is 0.135. The van der Waals surface area contributed by atoms with Crippen LogP contribution in [0.1, 0.15) is 12.1 Å². The Kier molecular flexibility index (Phi) is 3.95. The van der Waals surface area contributed by atoms with Gasteiger partial charge in [-0.1, -0.05) is 0 Å². The smallest absolute Gasteiger partial charge is 0.179 e. The van der Waals surface area contributed by atoms with Crippen LogP contribution >= 0.6 is 0 Å². The summed E-state index contributed by atoms with van der Waals surface area (Å²) in [6.07, 6.45) is 5.28. The molecule has 3 N–H and O–H groups in total. The Morgan fingerprint density at radius 3 is 3.12 bits per heavy atom. The predicted molar refractivity (Wildman–Crippen MR) is 65.1 cm³/mol. The van der Waals surface area contributed by atoms with Gasteiger partial charge in [-0.3, -0.25) is 0 Å². The number of pyridine rings is 1. The fraction of sp³-hybridized carbons (Fsp3) is 0.417. The van der Waals surface area contributed by atoms with Crippen molar-refractivity contribution in [1.29, 1.82) is 0 Å². The van der Waals surface area contributed by atoms with Crippen LogP contribution in [0.15, 0.2) is 24.5 Å². The number of nitrogens with zero attached hydrogens (tertiary/aromatic N) is 2. The van der Waals surface area contributed by atoms with Crippen molar-refractivity contribution >= 4 is 5.65 Å². The van der Waals surface area contributed by atoms with Gasteiger partial charge in [-0.05, 0) is 18.7 Å². The van der Waals surface area contributed by atoms with Gasteiger partial charge in [-0.15, -0.1) is 0 Å². The van der Waals surface area contributed by atoms with E-state index in [-0.39, 0.29) is 6.61 Å². The summed E-state index contributed by atoms with van der Waals surface area (Å²) in [7, 11) is 0. The lowest BCUT2D eigenvalue weighted by Crippen LogP contribution is -2.02. The number of rotatable bonds is 6. The number of aliphatic hydroxyl groups excluding tert-OH is 1. The Labute approximate surface area is 99.8 Å². The summed E-state index contributed by atoms with van der Waals surface area (Å²) in [5, 5.41) is 8.72. The second kappa shape index (κ2) is 5.65. The van der Waals surface area contributed by atoms with Gasteiger partial charge in [0.25, 0.3) is 0 Å². The lowest BCUT2D eigenvalue weighted by Gasteiger charge is -2.05. The molecule has 0 atom stereocenters. The van der Waals surface area contributed by atoms with Crippen LogP contribution in [-0.2, 0) is 6.42 Å². The Hall–Kier alpha value is -1.59. The van der Waals surface area contributed by atoms with Gasteiger partial charge in [0.15, 0.2) is 11.4 Å². The molecule has 92 valence electrons. The minimum absolute atomic E-state index is 0.135. The van der Waals surface area contributed by atoms with Crippen LogP contribution in [0.3, 0.4) is 0 Å². The molecular formula is C12H17N3O2. The highest BCUT2D eigenvalue weighted by atomic mass is 16.5. The van der Waals surface area contributed by atoms with E-state index in [2.05, 4.69) is 4.98 Å². The van der Waals surface area contributed by atoms with Crippen molar-refractivity contribution in [2.24, 2.45) is 5.73 Å². The lowest BCUT2D eigenvalue weighted by atomic mass is 10.3. The van der Waals surface area contributed by atoms with Gasteiger partial charge in [-0.2, -0.15) is 0 Å². The molecule has 0 aromatic carbocycles. The molecule has 0 aliphatic heterocycles. The van der Waals surface area contributed by atoms with E-state index in [0.717, 1.165) is 23.5 Å². The summed E-state index contributed by atoms with van der Waals surface area (Å²) in [5.74, 6) is 0.740. The van der Waals surface area contributed by atoms with Gasteiger partial charge in [0.05, 0.1) is 12.3 Å². The first-order chi connectivity index (χ1) is 8.35. The van der Waals surface area contributed by atoms with Gasteiger partial charge >= 0.3 is 0 Å². The van der Waals surface area contributed by atoms with Crippen LogP contribution in [-0.4, -0.2) is 34.2 Å². The van der Waals surface area contributed by atoms with Gasteiger partial charge in [0.1, 0.15) is 0 Å². The Morgan fingerprint density at radius 2 is 2.35 bits per heavy atom. The zero-order chi connectivity index (χ0) is 12.1. The van der Waals surface area contributed by atoms with Gasteiger partial charge in [0, 0.05) is 31.8 Å². The molecule has 0 fully saturated rings. The summed E-state index contributed by atoms with van der Waals surface area (Å²) in [5.41, 5.74) is 7.27. The van der Waals surface area contributed by atoms with Crippen molar-refractivity contribution in [3.8, 4) is 5.75 Å².